The van der Waals surface area contributed by atoms with E-state index >= 15 is 0 Å². The summed E-state index contributed by atoms with van der Waals surface area (Å²) in [5.41, 5.74) is 7.66. The Morgan fingerprint density at radius 3 is 2.71 bits per heavy atom. The molecule has 0 bridgehead atoms. The summed E-state index contributed by atoms with van der Waals surface area (Å²) >= 11 is 1.50. The van der Waals surface area contributed by atoms with Gasteiger partial charge in [-0.1, -0.05) is 32.6 Å². The minimum absolute atomic E-state index is 0. The van der Waals surface area contributed by atoms with Crippen molar-refractivity contribution < 1.29 is 0 Å². The largest absolute Gasteiger partial charge is 0.370 e. The summed E-state index contributed by atoms with van der Waals surface area (Å²) in [6, 6.07) is 0. The molecule has 0 amide bonds. The number of H-pyrrole nitrogens is 1. The van der Waals surface area contributed by atoms with Gasteiger partial charge in [-0.25, -0.2) is 9.97 Å². The van der Waals surface area contributed by atoms with Crippen molar-refractivity contribution in [1.82, 2.24) is 15.0 Å². The molecule has 0 saturated heterocycles. The predicted octanol–water partition coefficient (Wildman–Crippen LogP) is 4.69. The summed E-state index contributed by atoms with van der Waals surface area (Å²) in [7, 11) is 0. The quantitative estimate of drug-likeness (QED) is 0.289. The number of thiazole rings is 1. The summed E-state index contributed by atoms with van der Waals surface area (Å²) in [6.45, 7) is 4.90. The maximum Gasteiger partial charge on any atom is 0.194 e. The second kappa shape index (κ2) is 12.4. The van der Waals surface area contributed by atoms with Crippen molar-refractivity contribution in [1.29, 1.82) is 0 Å². The Hall–Kier alpha value is -0.930. The number of rotatable bonds is 8. The number of hydrogen-bond acceptors (Lipinski definition) is 4. The Morgan fingerprint density at radius 2 is 2.04 bits per heavy atom. The molecule has 0 aliphatic heterocycles. The molecule has 2 heterocycles. The first-order chi connectivity index (χ1) is 10.7. The Balaban J connectivity index is 0.00000264. The van der Waals surface area contributed by atoms with Crippen LogP contribution >= 0.6 is 45.3 Å². The van der Waals surface area contributed by atoms with Gasteiger partial charge in [0, 0.05) is 11.9 Å². The molecular weight excluding hydrogens is 456 g/mol. The van der Waals surface area contributed by atoms with Crippen LogP contribution in [0.3, 0.4) is 0 Å². The lowest BCUT2D eigenvalue weighted by Crippen LogP contribution is -2.22. The minimum atomic E-state index is 0. The van der Waals surface area contributed by atoms with Crippen LogP contribution in [-0.2, 0) is 0 Å². The standard InChI is InChI=1S/C15H24N6S.2BrH/c1-3-4-5-6-7-8-17-14(16)21-15-20-13(10-22-15)12-9-18-11(2)19-12;;/h9-10H,3-8H2,1-2H3,(H,18,19)(H3,16,17,20,21);2*1H. The number of unbranched alkanes of at least 4 members (excludes halogenated alkanes) is 4. The molecule has 0 unspecified atom stereocenters. The average Bonchev–Trinajstić information content (AvgIpc) is 3.11. The highest BCUT2D eigenvalue weighted by molar-refractivity contribution is 8.93. The number of guanidine groups is 1. The van der Waals surface area contributed by atoms with Crippen molar-refractivity contribution in [2.45, 2.75) is 46.0 Å². The Morgan fingerprint density at radius 1 is 1.29 bits per heavy atom. The van der Waals surface area contributed by atoms with E-state index in [0.717, 1.165) is 35.3 Å². The van der Waals surface area contributed by atoms with Crippen LogP contribution in [0.15, 0.2) is 16.6 Å². The number of anilines is 1. The van der Waals surface area contributed by atoms with Crippen LogP contribution in [0, 0.1) is 6.92 Å². The molecular formula is C15H26Br2N6S. The van der Waals surface area contributed by atoms with Crippen molar-refractivity contribution in [3.63, 3.8) is 0 Å². The first kappa shape index (κ1) is 23.1. The van der Waals surface area contributed by atoms with Gasteiger partial charge < -0.3 is 16.0 Å². The van der Waals surface area contributed by atoms with E-state index in [0.29, 0.717) is 5.96 Å². The van der Waals surface area contributed by atoms with Gasteiger partial charge in [0.2, 0.25) is 0 Å². The van der Waals surface area contributed by atoms with E-state index in [4.69, 9.17) is 5.73 Å². The summed E-state index contributed by atoms with van der Waals surface area (Å²) in [5, 5.41) is 5.75. The molecule has 9 heteroatoms. The lowest BCUT2D eigenvalue weighted by atomic mass is 10.2. The molecule has 0 aliphatic carbocycles. The number of halogens is 2. The third-order valence-electron chi connectivity index (χ3n) is 3.26. The summed E-state index contributed by atoms with van der Waals surface area (Å²) < 4.78 is 0. The van der Waals surface area contributed by atoms with Crippen molar-refractivity contribution >= 4 is 56.4 Å². The number of aromatic amines is 1. The molecule has 0 aliphatic rings. The van der Waals surface area contributed by atoms with Crippen LogP contribution in [0.4, 0.5) is 5.13 Å². The highest BCUT2D eigenvalue weighted by atomic mass is 79.9. The van der Waals surface area contributed by atoms with Crippen LogP contribution < -0.4 is 11.1 Å². The van der Waals surface area contributed by atoms with E-state index in [1.54, 1.807) is 6.20 Å². The van der Waals surface area contributed by atoms with Crippen molar-refractivity contribution in [2.75, 3.05) is 11.9 Å². The summed E-state index contributed by atoms with van der Waals surface area (Å²) in [6.07, 6.45) is 7.91. The zero-order valence-electron chi connectivity index (χ0n) is 14.0. The minimum Gasteiger partial charge on any atom is -0.370 e. The maximum absolute atomic E-state index is 5.88. The number of aromatic nitrogens is 3. The molecule has 6 nitrogen and oxygen atoms in total. The Labute approximate surface area is 168 Å². The van der Waals surface area contributed by atoms with Gasteiger partial charge in [0.1, 0.15) is 11.5 Å². The van der Waals surface area contributed by atoms with Crippen molar-refractivity contribution in [3.8, 4) is 11.4 Å². The van der Waals surface area contributed by atoms with E-state index in [1.165, 1.54) is 37.0 Å². The van der Waals surface area contributed by atoms with Crippen LogP contribution in [0.25, 0.3) is 11.4 Å². The smallest absolute Gasteiger partial charge is 0.194 e. The van der Waals surface area contributed by atoms with Crippen molar-refractivity contribution in [3.05, 3.63) is 17.4 Å². The van der Waals surface area contributed by atoms with Gasteiger partial charge in [0.25, 0.3) is 0 Å². The fourth-order valence-corrected chi connectivity index (χ4v) is 2.79. The molecule has 2 aromatic rings. The molecule has 2 aromatic heterocycles. The van der Waals surface area contributed by atoms with Gasteiger partial charge in [-0.05, 0) is 13.3 Å². The number of aliphatic imine (C=N–C) groups is 1. The second-order valence-electron chi connectivity index (χ2n) is 5.23. The maximum atomic E-state index is 5.88. The highest BCUT2D eigenvalue weighted by Crippen LogP contribution is 2.23. The molecule has 136 valence electrons. The van der Waals surface area contributed by atoms with E-state index in [2.05, 4.69) is 32.2 Å². The topological polar surface area (TPSA) is 92.0 Å². The van der Waals surface area contributed by atoms with Gasteiger partial charge in [0.05, 0.1) is 11.9 Å². The van der Waals surface area contributed by atoms with Gasteiger partial charge in [-0.3, -0.25) is 4.99 Å². The number of aryl methyl sites for hydroxylation is 1. The number of hydrogen-bond donors (Lipinski definition) is 3. The van der Waals surface area contributed by atoms with Crippen LogP contribution in [0.5, 0.6) is 0 Å². The molecule has 0 saturated carbocycles. The first-order valence-electron chi connectivity index (χ1n) is 7.73. The highest BCUT2D eigenvalue weighted by Gasteiger charge is 2.07. The van der Waals surface area contributed by atoms with Gasteiger partial charge >= 0.3 is 0 Å². The van der Waals surface area contributed by atoms with Gasteiger partial charge in [-0.15, -0.1) is 45.3 Å². The molecule has 0 spiro atoms. The van der Waals surface area contributed by atoms with Gasteiger partial charge in [-0.2, -0.15) is 0 Å². The SMILES string of the molecule is Br.Br.CCCCCCCN=C(N)Nc1nc(-c2cnc(C)[nH]2)cs1. The molecule has 24 heavy (non-hydrogen) atoms. The molecule has 4 N–H and O–H groups in total. The zero-order chi connectivity index (χ0) is 15.8. The number of nitrogens with zero attached hydrogens (tertiary/aromatic N) is 3. The van der Waals surface area contributed by atoms with Crippen molar-refractivity contribution in [2.24, 2.45) is 10.7 Å². The third-order valence-corrected chi connectivity index (χ3v) is 4.02. The van der Waals surface area contributed by atoms with Crippen LogP contribution in [0.2, 0.25) is 0 Å². The Kier molecular flexibility index (Phi) is 12.0. The zero-order valence-corrected chi connectivity index (χ0v) is 18.3. The summed E-state index contributed by atoms with van der Waals surface area (Å²) in [5.74, 6) is 1.30. The fraction of sp³-hybridized carbons (Fsp3) is 0.533. The van der Waals surface area contributed by atoms with E-state index < -0.39 is 0 Å². The summed E-state index contributed by atoms with van der Waals surface area (Å²) in [4.78, 5) is 16.1. The van der Waals surface area contributed by atoms with Crippen LogP contribution in [0.1, 0.15) is 44.9 Å². The molecule has 0 radical (unpaired) electrons. The predicted molar refractivity (Wildman–Crippen MR) is 114 cm³/mol. The second-order valence-corrected chi connectivity index (χ2v) is 6.08. The third kappa shape index (κ3) is 7.76. The van der Waals surface area contributed by atoms with Gasteiger partial charge in [0.15, 0.2) is 11.1 Å². The molecule has 0 aromatic carbocycles. The van der Waals surface area contributed by atoms with Crippen LogP contribution in [-0.4, -0.2) is 27.5 Å². The number of nitrogens with two attached hydrogens (primary N) is 1. The molecule has 0 fully saturated rings. The number of imidazole rings is 1. The average molecular weight is 482 g/mol. The fourth-order valence-electron chi connectivity index (χ4n) is 2.07. The lowest BCUT2D eigenvalue weighted by molar-refractivity contribution is 0.638. The van der Waals surface area contributed by atoms with E-state index in [9.17, 15) is 0 Å². The molecule has 2 rings (SSSR count). The normalized spacial score (nSPS) is 10.8. The Bertz CT molecular complexity index is 611. The number of nitrogens with one attached hydrogen (secondary N) is 2. The van der Waals surface area contributed by atoms with E-state index in [1.807, 2.05) is 12.3 Å². The molecule has 0 atom stereocenters. The first-order valence-corrected chi connectivity index (χ1v) is 8.61. The van der Waals surface area contributed by atoms with E-state index in [-0.39, 0.29) is 34.0 Å². The monoisotopic (exact) mass is 480 g/mol. The lowest BCUT2D eigenvalue weighted by Gasteiger charge is -2.01.